The monoisotopic (exact) mass is 642 g/mol. The van der Waals surface area contributed by atoms with Gasteiger partial charge in [-0.3, -0.25) is 9.59 Å². The van der Waals surface area contributed by atoms with Crippen LogP contribution in [0.3, 0.4) is 0 Å². The molecule has 2 aromatic rings. The molecule has 236 valence electrons. The number of benzene rings is 1. The first-order valence-corrected chi connectivity index (χ1v) is 17.1. The van der Waals surface area contributed by atoms with Crippen molar-refractivity contribution < 1.29 is 18.0 Å². The first-order chi connectivity index (χ1) is 21.0. The lowest BCUT2D eigenvalue weighted by atomic mass is 9.86. The molecular weight excluding hydrogens is 604 g/mol. The number of carbonyl (C=O) groups excluding carboxylic acids is 2. The third kappa shape index (κ3) is 6.15. The molecule has 0 unspecified atom stereocenters. The maximum Gasteiger partial charge on any atom is 0.253 e. The van der Waals surface area contributed by atoms with E-state index in [0.717, 1.165) is 38.0 Å². The van der Waals surface area contributed by atoms with Crippen molar-refractivity contribution in [1.82, 2.24) is 29.4 Å². The number of rotatable bonds is 6. The second kappa shape index (κ2) is 12.3. The van der Waals surface area contributed by atoms with E-state index in [9.17, 15) is 18.0 Å². The minimum absolute atomic E-state index is 0.0334. The van der Waals surface area contributed by atoms with Gasteiger partial charge in [-0.15, -0.1) is 0 Å². The molecule has 14 heteroatoms. The van der Waals surface area contributed by atoms with Gasteiger partial charge in [-0.1, -0.05) is 17.7 Å². The zero-order chi connectivity index (χ0) is 31.1. The minimum atomic E-state index is -3.69. The molecule has 0 aliphatic carbocycles. The van der Waals surface area contributed by atoms with E-state index >= 15 is 0 Å². The van der Waals surface area contributed by atoms with Crippen LogP contribution in [0.4, 0.5) is 11.6 Å². The summed E-state index contributed by atoms with van der Waals surface area (Å²) < 4.78 is 28.6. The third-order valence-electron chi connectivity index (χ3n) is 9.55. The predicted octanol–water partition coefficient (Wildman–Crippen LogP) is 2.67. The SMILES string of the molecule is Nc1nc(N)c(C(=O)/C=C2\CCC3(CCN(C(=O)c4cccc(S(=O)(=O)N5CCC(N6CCCC6)CC5)c4)CC3)N2)nc1Cl. The van der Waals surface area contributed by atoms with Crippen LogP contribution in [0.15, 0.2) is 40.9 Å². The van der Waals surface area contributed by atoms with Crippen molar-refractivity contribution in [3.8, 4) is 0 Å². The van der Waals surface area contributed by atoms with Gasteiger partial charge in [0.15, 0.2) is 22.5 Å². The lowest BCUT2D eigenvalue weighted by Crippen LogP contribution is -2.51. The maximum absolute atomic E-state index is 13.5. The van der Waals surface area contributed by atoms with Gasteiger partial charge in [-0.05, 0) is 82.7 Å². The Morgan fingerprint density at radius 3 is 2.39 bits per heavy atom. The van der Waals surface area contributed by atoms with Crippen molar-refractivity contribution in [2.24, 2.45) is 0 Å². The zero-order valence-electron chi connectivity index (χ0n) is 24.7. The second-order valence-electron chi connectivity index (χ2n) is 12.3. The maximum atomic E-state index is 13.5. The number of ketones is 1. The van der Waals surface area contributed by atoms with Crippen molar-refractivity contribution >= 4 is 45.0 Å². The Balaban J connectivity index is 1.06. The van der Waals surface area contributed by atoms with Gasteiger partial charge in [0, 0.05) is 55.1 Å². The second-order valence-corrected chi connectivity index (χ2v) is 14.6. The number of aromatic nitrogens is 2. The van der Waals surface area contributed by atoms with E-state index in [2.05, 4.69) is 20.2 Å². The molecule has 4 aliphatic rings. The van der Waals surface area contributed by atoms with E-state index in [1.54, 1.807) is 27.4 Å². The summed E-state index contributed by atoms with van der Waals surface area (Å²) in [5, 5.41) is 3.43. The fourth-order valence-corrected chi connectivity index (χ4v) is 8.63. The van der Waals surface area contributed by atoms with Crippen molar-refractivity contribution in [2.45, 2.75) is 67.8 Å². The molecule has 1 amide bonds. The Labute approximate surface area is 262 Å². The molecule has 1 spiro atoms. The first kappa shape index (κ1) is 30.8. The number of nitrogen functional groups attached to an aromatic ring is 2. The summed E-state index contributed by atoms with van der Waals surface area (Å²) >= 11 is 5.93. The zero-order valence-corrected chi connectivity index (χ0v) is 26.2. The number of amides is 1. The lowest BCUT2D eigenvalue weighted by molar-refractivity contribution is 0.0659. The Hall–Kier alpha value is -3.26. The smallest absolute Gasteiger partial charge is 0.253 e. The van der Waals surface area contributed by atoms with E-state index in [-0.39, 0.29) is 38.8 Å². The highest BCUT2D eigenvalue weighted by molar-refractivity contribution is 7.89. The number of likely N-dealkylation sites (tertiary alicyclic amines) is 2. The molecule has 0 bridgehead atoms. The highest BCUT2D eigenvalue weighted by atomic mass is 35.5. The highest BCUT2D eigenvalue weighted by Crippen LogP contribution is 2.36. The molecule has 1 aromatic heterocycles. The number of piperidine rings is 2. The van der Waals surface area contributed by atoms with Crippen LogP contribution >= 0.6 is 11.6 Å². The van der Waals surface area contributed by atoms with E-state index < -0.39 is 15.8 Å². The van der Waals surface area contributed by atoms with Crippen LogP contribution in [0.2, 0.25) is 5.15 Å². The predicted molar refractivity (Wildman–Crippen MR) is 168 cm³/mol. The fourth-order valence-electron chi connectivity index (χ4n) is 6.99. The molecule has 4 aliphatic heterocycles. The van der Waals surface area contributed by atoms with Crippen molar-refractivity contribution in [1.29, 1.82) is 0 Å². The number of anilines is 2. The minimum Gasteiger partial charge on any atom is -0.383 e. The van der Waals surface area contributed by atoms with Crippen LogP contribution in [-0.4, -0.2) is 95.0 Å². The van der Waals surface area contributed by atoms with E-state index in [4.69, 9.17) is 23.1 Å². The molecule has 6 rings (SSSR count). The van der Waals surface area contributed by atoms with Gasteiger partial charge in [0.2, 0.25) is 15.8 Å². The van der Waals surface area contributed by atoms with Gasteiger partial charge >= 0.3 is 0 Å². The number of nitrogens with two attached hydrogens (primary N) is 2. The van der Waals surface area contributed by atoms with Crippen LogP contribution in [0, 0.1) is 0 Å². The fraction of sp³-hybridized carbons (Fsp3) is 0.533. The van der Waals surface area contributed by atoms with Crippen LogP contribution in [0.5, 0.6) is 0 Å². The molecule has 5 heterocycles. The largest absolute Gasteiger partial charge is 0.383 e. The summed E-state index contributed by atoms with van der Waals surface area (Å²) in [6.45, 7) is 4.25. The van der Waals surface area contributed by atoms with Gasteiger partial charge in [-0.2, -0.15) is 4.31 Å². The average Bonchev–Trinajstić information content (AvgIpc) is 3.70. The number of sulfonamides is 1. The van der Waals surface area contributed by atoms with Gasteiger partial charge in [0.25, 0.3) is 5.91 Å². The van der Waals surface area contributed by atoms with Gasteiger partial charge in [0.05, 0.1) is 4.90 Å². The van der Waals surface area contributed by atoms with Crippen molar-refractivity contribution in [2.75, 3.05) is 50.7 Å². The summed E-state index contributed by atoms with van der Waals surface area (Å²) in [5.74, 6) is -0.695. The van der Waals surface area contributed by atoms with Gasteiger partial charge < -0.3 is 26.6 Å². The van der Waals surface area contributed by atoms with Crippen LogP contribution in [0.25, 0.3) is 0 Å². The number of hydrogen-bond donors (Lipinski definition) is 3. The molecule has 0 atom stereocenters. The van der Waals surface area contributed by atoms with Gasteiger partial charge in [0.1, 0.15) is 0 Å². The summed E-state index contributed by atoms with van der Waals surface area (Å²) in [4.78, 5) is 38.6. The topological polar surface area (TPSA) is 168 Å². The third-order valence-corrected chi connectivity index (χ3v) is 11.7. The standard InChI is InChI=1S/C30H39ClN8O4S/c31-26-28(33)35-27(32)25(34-26)24(40)19-21-6-9-30(36-21)10-16-38(17-11-30)29(41)20-4-3-5-23(18-20)44(42,43)39-14-7-22(8-15-39)37-12-1-2-13-37/h3-5,18-19,22,36H,1-2,6-17H2,(H4,32,33,35)/b21-19+. The van der Waals surface area contributed by atoms with E-state index in [0.29, 0.717) is 57.0 Å². The molecule has 0 saturated carbocycles. The quantitative estimate of drug-likeness (QED) is 0.315. The number of allylic oxidation sites excluding steroid dienone is 2. The van der Waals surface area contributed by atoms with Crippen molar-refractivity contribution in [3.63, 3.8) is 0 Å². The Bertz CT molecular complexity index is 1580. The molecule has 12 nitrogen and oxygen atoms in total. The number of carbonyl (C=O) groups is 2. The molecule has 1 aromatic carbocycles. The Morgan fingerprint density at radius 2 is 1.68 bits per heavy atom. The van der Waals surface area contributed by atoms with Crippen LogP contribution in [0.1, 0.15) is 72.2 Å². The number of halogens is 1. The van der Waals surface area contributed by atoms with E-state index in [1.807, 2.05) is 0 Å². The average molecular weight is 643 g/mol. The normalized spacial score (nSPS) is 22.5. The molecule has 4 saturated heterocycles. The molecule has 4 fully saturated rings. The molecule has 5 N–H and O–H groups in total. The van der Waals surface area contributed by atoms with E-state index in [1.165, 1.54) is 25.0 Å². The molecule has 44 heavy (non-hydrogen) atoms. The van der Waals surface area contributed by atoms with Gasteiger partial charge in [-0.25, -0.2) is 18.4 Å². The Morgan fingerprint density at radius 1 is 0.977 bits per heavy atom. The number of nitrogens with one attached hydrogen (secondary N) is 1. The lowest BCUT2D eigenvalue weighted by Gasteiger charge is -2.40. The van der Waals surface area contributed by atoms with Crippen LogP contribution < -0.4 is 16.8 Å². The first-order valence-electron chi connectivity index (χ1n) is 15.3. The van der Waals surface area contributed by atoms with Crippen molar-refractivity contribution in [3.05, 3.63) is 52.4 Å². The number of nitrogens with zero attached hydrogens (tertiary/aromatic N) is 5. The highest BCUT2D eigenvalue weighted by Gasteiger charge is 2.40. The molecule has 0 radical (unpaired) electrons. The summed E-state index contributed by atoms with van der Waals surface area (Å²) in [5.41, 5.74) is 12.3. The number of hydrogen-bond acceptors (Lipinski definition) is 10. The molecular formula is C30H39ClN8O4S. The summed E-state index contributed by atoms with van der Waals surface area (Å²) in [6, 6.07) is 6.90. The Kier molecular flexibility index (Phi) is 8.57. The summed E-state index contributed by atoms with van der Waals surface area (Å²) in [6.07, 6.45) is 8.48. The summed E-state index contributed by atoms with van der Waals surface area (Å²) in [7, 11) is -3.69. The van der Waals surface area contributed by atoms with Crippen LogP contribution in [-0.2, 0) is 10.0 Å².